The summed E-state index contributed by atoms with van der Waals surface area (Å²) in [6.45, 7) is 33.4. The van der Waals surface area contributed by atoms with E-state index in [0.29, 0.717) is 5.92 Å². The van der Waals surface area contributed by atoms with Crippen LogP contribution in [0.25, 0.3) is 11.1 Å². The Morgan fingerprint density at radius 1 is 0.456 bits per heavy atom. The predicted molar refractivity (Wildman–Crippen MR) is 294 cm³/mol. The van der Waals surface area contributed by atoms with Gasteiger partial charge in [0.25, 0.3) is 6.71 Å². The molecule has 7 aromatic carbocycles. The minimum atomic E-state index is -0.116. The van der Waals surface area contributed by atoms with E-state index in [1.807, 2.05) is 0 Å². The van der Waals surface area contributed by atoms with Gasteiger partial charge in [0.15, 0.2) is 0 Å². The monoisotopic (exact) mass is 891 g/mol. The van der Waals surface area contributed by atoms with Gasteiger partial charge in [0.05, 0.1) is 5.69 Å². The maximum absolute atomic E-state index is 2.66. The summed E-state index contributed by atoms with van der Waals surface area (Å²) in [6, 6.07) is 57.4. The van der Waals surface area contributed by atoms with Gasteiger partial charge in [0, 0.05) is 39.9 Å². The minimum Gasteiger partial charge on any atom is -0.311 e. The fourth-order valence-electron chi connectivity index (χ4n) is 12.7. The number of hydrogen-bond donors (Lipinski definition) is 0. The summed E-state index contributed by atoms with van der Waals surface area (Å²) in [5.41, 5.74) is 24.3. The van der Waals surface area contributed by atoms with Gasteiger partial charge in [-0.25, -0.2) is 0 Å². The highest BCUT2D eigenvalue weighted by molar-refractivity contribution is 7.00. The molecule has 2 aliphatic heterocycles. The van der Waals surface area contributed by atoms with Crippen LogP contribution in [0, 0.1) is 5.41 Å². The second-order valence-electron chi connectivity index (χ2n) is 25.5. The number of benzene rings is 7. The summed E-state index contributed by atoms with van der Waals surface area (Å²) in [5, 5.41) is 0. The van der Waals surface area contributed by atoms with E-state index in [2.05, 4.69) is 252 Å². The van der Waals surface area contributed by atoms with Crippen molar-refractivity contribution in [3.8, 4) is 11.1 Å². The smallest absolute Gasteiger partial charge is 0.252 e. The van der Waals surface area contributed by atoms with Gasteiger partial charge in [-0.3, -0.25) is 0 Å². The lowest BCUT2D eigenvalue weighted by molar-refractivity contribution is 0.0278. The molecule has 0 N–H and O–H groups in total. The summed E-state index contributed by atoms with van der Waals surface area (Å²) in [7, 11) is 0. The molecule has 2 heterocycles. The van der Waals surface area contributed by atoms with E-state index in [1.165, 1.54) is 108 Å². The quantitative estimate of drug-likeness (QED) is 0.162. The number of fused-ring (bicyclic) bond motifs is 7. The van der Waals surface area contributed by atoms with Gasteiger partial charge in [0.1, 0.15) is 0 Å². The number of rotatable bonds is 4. The zero-order valence-corrected chi connectivity index (χ0v) is 43.3. The summed E-state index contributed by atoms with van der Waals surface area (Å²) >= 11 is 0. The molecular formula is C65H71BN2. The molecule has 0 amide bonds. The Labute approximate surface area is 408 Å². The Balaban J connectivity index is 1.20. The van der Waals surface area contributed by atoms with Crippen molar-refractivity contribution in [3.63, 3.8) is 0 Å². The van der Waals surface area contributed by atoms with Crippen LogP contribution in [-0.2, 0) is 27.1 Å². The van der Waals surface area contributed by atoms with Gasteiger partial charge in [0.2, 0.25) is 0 Å². The third-order valence-electron chi connectivity index (χ3n) is 17.2. The lowest BCUT2D eigenvalue weighted by Crippen LogP contribution is -2.61. The van der Waals surface area contributed by atoms with Crippen LogP contribution in [0.4, 0.5) is 34.1 Å². The van der Waals surface area contributed by atoms with Crippen molar-refractivity contribution in [3.05, 3.63) is 185 Å². The highest BCUT2D eigenvalue weighted by Crippen LogP contribution is 2.71. The molecule has 0 saturated heterocycles. The van der Waals surface area contributed by atoms with Crippen molar-refractivity contribution in [1.82, 2.24) is 0 Å². The highest BCUT2D eigenvalue weighted by Gasteiger charge is 2.64. The molecule has 1 fully saturated rings. The highest BCUT2D eigenvalue weighted by atomic mass is 15.2. The fourth-order valence-corrected chi connectivity index (χ4v) is 12.7. The molecule has 0 aromatic heterocycles. The van der Waals surface area contributed by atoms with Crippen LogP contribution in [0.2, 0.25) is 0 Å². The molecule has 3 atom stereocenters. The number of nitrogens with zero attached hydrogens (tertiary/aromatic N) is 2. The average Bonchev–Trinajstić information content (AvgIpc) is 3.42. The van der Waals surface area contributed by atoms with Crippen LogP contribution in [0.3, 0.4) is 0 Å². The second kappa shape index (κ2) is 14.9. The van der Waals surface area contributed by atoms with E-state index >= 15 is 0 Å². The molecule has 7 aromatic rings. The van der Waals surface area contributed by atoms with Crippen molar-refractivity contribution >= 4 is 57.2 Å². The molecule has 0 spiro atoms. The maximum Gasteiger partial charge on any atom is 0.252 e. The third kappa shape index (κ3) is 6.65. The van der Waals surface area contributed by atoms with Crippen LogP contribution in [0.1, 0.15) is 155 Å². The Kier molecular flexibility index (Phi) is 9.76. The summed E-state index contributed by atoms with van der Waals surface area (Å²) in [5.74, 6) is 0.306. The first-order chi connectivity index (χ1) is 32.0. The van der Waals surface area contributed by atoms with E-state index < -0.39 is 0 Å². The van der Waals surface area contributed by atoms with Crippen LogP contribution >= 0.6 is 0 Å². The van der Waals surface area contributed by atoms with Gasteiger partial charge >= 0.3 is 0 Å². The molecule has 4 aliphatic rings. The van der Waals surface area contributed by atoms with Gasteiger partial charge in [-0.15, -0.1) is 0 Å². The lowest BCUT2D eigenvalue weighted by atomic mass is 9.33. The minimum absolute atomic E-state index is 0.00545. The van der Waals surface area contributed by atoms with Crippen LogP contribution < -0.4 is 26.2 Å². The molecule has 2 aliphatic carbocycles. The molecule has 1 saturated carbocycles. The van der Waals surface area contributed by atoms with Crippen molar-refractivity contribution in [1.29, 1.82) is 0 Å². The molecular weight excluding hydrogens is 820 g/mol. The number of para-hydroxylation sites is 1. The molecule has 0 bridgehead atoms. The SMILES string of the molecule is CC(C)(C)c1ccc(N2c3cc(C4c5ccc(C(C)(C)C)cc5C5(C)CCC45C)ccc3B3c4ccccc4N(c4ccc(C(C)(C)C)cc4-c4ccccc4)c4cc(C(C)(C)C)cc2c43)cc1. The fraction of sp³-hybridized carbons (Fsp3) is 0.354. The maximum atomic E-state index is 2.66. The van der Waals surface area contributed by atoms with E-state index in [9.17, 15) is 0 Å². The standard InChI is InChI=1S/C65H71BN2/c1-60(2,3)43-25-29-47(30-26-43)67-55-36-42(58-48-31-27-45(62(7,8)9)38-50(48)64(13)34-35-65(58,64)14)24-32-52(55)66-51-22-18-19-23-54(51)68(57-40-46(63(10,11)12)39-56(67)59(57)66)53-33-28-44(61(4,5)6)37-49(53)41-20-16-15-17-21-41/h15-33,36-40,58H,34-35H2,1-14H3. The predicted octanol–water partition coefficient (Wildman–Crippen LogP) is 15.8. The van der Waals surface area contributed by atoms with E-state index in [4.69, 9.17) is 0 Å². The largest absolute Gasteiger partial charge is 0.311 e. The number of hydrogen-bond acceptors (Lipinski definition) is 2. The Morgan fingerprint density at radius 2 is 1.03 bits per heavy atom. The Morgan fingerprint density at radius 3 is 1.66 bits per heavy atom. The van der Waals surface area contributed by atoms with Crippen molar-refractivity contribution in [2.45, 2.75) is 143 Å². The van der Waals surface area contributed by atoms with E-state index in [-0.39, 0.29) is 39.2 Å². The van der Waals surface area contributed by atoms with Crippen LogP contribution in [0.5, 0.6) is 0 Å². The topological polar surface area (TPSA) is 6.48 Å². The molecule has 3 heteroatoms. The first-order valence-corrected chi connectivity index (χ1v) is 25.5. The average molecular weight is 891 g/mol. The molecule has 2 nitrogen and oxygen atoms in total. The number of anilines is 6. The second-order valence-corrected chi connectivity index (χ2v) is 25.5. The molecule has 344 valence electrons. The molecule has 0 radical (unpaired) electrons. The summed E-state index contributed by atoms with van der Waals surface area (Å²) < 4.78 is 0. The van der Waals surface area contributed by atoms with E-state index in [1.54, 1.807) is 5.56 Å². The normalized spacial score (nSPS) is 20.6. The van der Waals surface area contributed by atoms with E-state index in [0.717, 1.165) is 0 Å². The first-order valence-electron chi connectivity index (χ1n) is 25.5. The van der Waals surface area contributed by atoms with Crippen molar-refractivity contribution in [2.75, 3.05) is 9.80 Å². The van der Waals surface area contributed by atoms with Gasteiger partial charge in [-0.2, -0.15) is 0 Å². The van der Waals surface area contributed by atoms with Gasteiger partial charge in [-0.1, -0.05) is 194 Å². The van der Waals surface area contributed by atoms with Crippen LogP contribution in [-0.4, -0.2) is 6.71 Å². The zero-order valence-electron chi connectivity index (χ0n) is 43.3. The summed E-state index contributed by atoms with van der Waals surface area (Å²) in [6.07, 6.45) is 2.47. The van der Waals surface area contributed by atoms with Crippen molar-refractivity contribution in [2.24, 2.45) is 5.41 Å². The molecule has 68 heavy (non-hydrogen) atoms. The summed E-state index contributed by atoms with van der Waals surface area (Å²) in [4.78, 5) is 5.28. The zero-order chi connectivity index (χ0) is 48.1. The van der Waals surface area contributed by atoms with Gasteiger partial charge < -0.3 is 9.80 Å². The lowest BCUT2D eigenvalue weighted by Gasteiger charge is -2.55. The molecule has 3 unspecified atom stereocenters. The molecule has 11 rings (SSSR count). The van der Waals surface area contributed by atoms with Crippen molar-refractivity contribution < 1.29 is 0 Å². The Hall–Kier alpha value is -5.80. The van der Waals surface area contributed by atoms with Crippen LogP contribution in [0.15, 0.2) is 146 Å². The van der Waals surface area contributed by atoms with Gasteiger partial charge in [-0.05, 0) is 155 Å². The third-order valence-corrected chi connectivity index (χ3v) is 17.2. The Bertz CT molecular complexity index is 3150. The first kappa shape index (κ1) is 44.7.